The number of aromatic nitrogens is 1. The highest BCUT2D eigenvalue weighted by atomic mass is 16.5. The molecule has 0 bridgehead atoms. The van der Waals surface area contributed by atoms with Crippen LogP contribution in [0.5, 0.6) is 5.75 Å². The standard InChI is InChI=1S/C15H17NO3/c1-19-12-8-7-10(15(17)18)13-9-5-3-2-4-6-11(9)16-14(12)13/h7-8,16H,2-6H2,1H3,(H,17,18). The smallest absolute Gasteiger partial charge is 0.336 e. The van der Waals surface area contributed by atoms with Gasteiger partial charge < -0.3 is 14.8 Å². The van der Waals surface area contributed by atoms with Crippen molar-refractivity contribution >= 4 is 16.9 Å². The minimum atomic E-state index is -0.876. The second-order valence-corrected chi connectivity index (χ2v) is 5.01. The van der Waals surface area contributed by atoms with Gasteiger partial charge in [0.15, 0.2) is 0 Å². The van der Waals surface area contributed by atoms with Crippen LogP contribution in [0.1, 0.15) is 40.9 Å². The quantitative estimate of drug-likeness (QED) is 0.814. The minimum Gasteiger partial charge on any atom is -0.495 e. The maximum absolute atomic E-state index is 11.4. The SMILES string of the molecule is COc1ccc(C(=O)O)c2c3c([nH]c12)CCCCC3. The summed E-state index contributed by atoms with van der Waals surface area (Å²) in [7, 11) is 1.61. The van der Waals surface area contributed by atoms with E-state index in [0.29, 0.717) is 11.3 Å². The van der Waals surface area contributed by atoms with Crippen LogP contribution < -0.4 is 4.74 Å². The first-order valence-corrected chi connectivity index (χ1v) is 6.66. The molecule has 0 amide bonds. The molecule has 1 heterocycles. The lowest BCUT2D eigenvalue weighted by Gasteiger charge is -2.06. The summed E-state index contributed by atoms with van der Waals surface area (Å²) in [6.45, 7) is 0. The molecule has 0 fully saturated rings. The summed E-state index contributed by atoms with van der Waals surface area (Å²) in [5.41, 5.74) is 3.55. The van der Waals surface area contributed by atoms with E-state index < -0.39 is 5.97 Å². The molecule has 0 atom stereocenters. The number of ether oxygens (including phenoxy) is 1. The van der Waals surface area contributed by atoms with Crippen molar-refractivity contribution in [2.24, 2.45) is 0 Å². The predicted octanol–water partition coefficient (Wildman–Crippen LogP) is 3.14. The van der Waals surface area contributed by atoms with Crippen molar-refractivity contribution in [3.8, 4) is 5.75 Å². The van der Waals surface area contributed by atoms with Gasteiger partial charge in [-0.1, -0.05) is 6.42 Å². The number of H-pyrrole nitrogens is 1. The van der Waals surface area contributed by atoms with Crippen molar-refractivity contribution in [2.75, 3.05) is 7.11 Å². The van der Waals surface area contributed by atoms with E-state index in [-0.39, 0.29) is 0 Å². The molecule has 4 heteroatoms. The zero-order valence-electron chi connectivity index (χ0n) is 11.0. The number of hydrogen-bond acceptors (Lipinski definition) is 2. The first-order chi connectivity index (χ1) is 9.22. The van der Waals surface area contributed by atoms with Gasteiger partial charge in [-0.3, -0.25) is 0 Å². The predicted molar refractivity (Wildman–Crippen MR) is 73.1 cm³/mol. The molecule has 1 aliphatic carbocycles. The lowest BCUT2D eigenvalue weighted by Crippen LogP contribution is -1.99. The number of benzene rings is 1. The second-order valence-electron chi connectivity index (χ2n) is 5.01. The molecular weight excluding hydrogens is 242 g/mol. The van der Waals surface area contributed by atoms with E-state index in [1.165, 1.54) is 17.7 Å². The summed E-state index contributed by atoms with van der Waals surface area (Å²) >= 11 is 0. The van der Waals surface area contributed by atoms with Gasteiger partial charge in [-0.25, -0.2) is 4.79 Å². The monoisotopic (exact) mass is 259 g/mol. The van der Waals surface area contributed by atoms with Crippen molar-refractivity contribution in [1.29, 1.82) is 0 Å². The Morgan fingerprint density at radius 3 is 2.79 bits per heavy atom. The molecule has 2 N–H and O–H groups in total. The third-order valence-electron chi connectivity index (χ3n) is 3.91. The van der Waals surface area contributed by atoms with Crippen molar-refractivity contribution in [2.45, 2.75) is 32.1 Å². The minimum absolute atomic E-state index is 0.371. The van der Waals surface area contributed by atoms with Gasteiger partial charge in [0.1, 0.15) is 5.75 Å². The second kappa shape index (κ2) is 4.61. The van der Waals surface area contributed by atoms with Crippen LogP contribution in [0.15, 0.2) is 12.1 Å². The Morgan fingerprint density at radius 1 is 1.26 bits per heavy atom. The van der Waals surface area contributed by atoms with Crippen LogP contribution in [0.3, 0.4) is 0 Å². The molecular formula is C15H17NO3. The number of carboxylic acids is 1. The van der Waals surface area contributed by atoms with Gasteiger partial charge >= 0.3 is 5.97 Å². The number of aromatic carboxylic acids is 1. The Morgan fingerprint density at radius 2 is 2.05 bits per heavy atom. The molecule has 1 aromatic heterocycles. The number of aromatic amines is 1. The highest BCUT2D eigenvalue weighted by Gasteiger charge is 2.21. The van der Waals surface area contributed by atoms with E-state index in [4.69, 9.17) is 4.74 Å². The first kappa shape index (κ1) is 12.1. The van der Waals surface area contributed by atoms with Gasteiger partial charge in [0.2, 0.25) is 0 Å². The van der Waals surface area contributed by atoms with Gasteiger partial charge in [-0.05, 0) is 43.4 Å². The summed E-state index contributed by atoms with van der Waals surface area (Å²) in [5.74, 6) is -0.160. The highest BCUT2D eigenvalue weighted by molar-refractivity contribution is 6.06. The molecule has 0 radical (unpaired) electrons. The Bertz CT molecular complexity index is 642. The average Bonchev–Trinajstić information content (AvgIpc) is 2.61. The van der Waals surface area contributed by atoms with Crippen LogP contribution in [0.4, 0.5) is 0 Å². The third kappa shape index (κ3) is 1.87. The summed E-state index contributed by atoms with van der Waals surface area (Å²) in [5, 5.41) is 10.2. The molecule has 100 valence electrons. The summed E-state index contributed by atoms with van der Waals surface area (Å²) in [6, 6.07) is 3.37. The van der Waals surface area contributed by atoms with E-state index in [0.717, 1.165) is 36.6 Å². The van der Waals surface area contributed by atoms with Crippen LogP contribution in [-0.4, -0.2) is 23.2 Å². The largest absolute Gasteiger partial charge is 0.495 e. The van der Waals surface area contributed by atoms with E-state index in [1.807, 2.05) is 0 Å². The van der Waals surface area contributed by atoms with E-state index in [1.54, 1.807) is 19.2 Å². The number of methoxy groups -OCH3 is 1. The van der Waals surface area contributed by atoms with Crippen molar-refractivity contribution in [1.82, 2.24) is 4.98 Å². The fraction of sp³-hybridized carbons (Fsp3) is 0.400. The van der Waals surface area contributed by atoms with Crippen LogP contribution in [-0.2, 0) is 12.8 Å². The molecule has 0 aliphatic heterocycles. The number of carboxylic acid groups (broad SMARTS) is 1. The van der Waals surface area contributed by atoms with Gasteiger partial charge in [0, 0.05) is 11.1 Å². The van der Waals surface area contributed by atoms with Gasteiger partial charge in [0.05, 0.1) is 18.2 Å². The maximum atomic E-state index is 11.4. The number of fused-ring (bicyclic) bond motifs is 3. The van der Waals surface area contributed by atoms with Crippen LogP contribution in [0.25, 0.3) is 10.9 Å². The Labute approximate surface area is 111 Å². The molecule has 0 spiro atoms. The van der Waals surface area contributed by atoms with Crippen LogP contribution >= 0.6 is 0 Å². The maximum Gasteiger partial charge on any atom is 0.336 e. The molecule has 0 saturated carbocycles. The fourth-order valence-corrected chi connectivity index (χ4v) is 3.02. The van der Waals surface area contributed by atoms with Crippen molar-refractivity contribution in [3.05, 3.63) is 29.0 Å². The highest BCUT2D eigenvalue weighted by Crippen LogP contribution is 2.35. The van der Waals surface area contributed by atoms with Crippen molar-refractivity contribution < 1.29 is 14.6 Å². The lowest BCUT2D eigenvalue weighted by atomic mass is 10.0. The van der Waals surface area contributed by atoms with Gasteiger partial charge in [-0.2, -0.15) is 0 Å². The van der Waals surface area contributed by atoms with Gasteiger partial charge in [-0.15, -0.1) is 0 Å². The van der Waals surface area contributed by atoms with Crippen LogP contribution in [0, 0.1) is 0 Å². The molecule has 19 heavy (non-hydrogen) atoms. The molecule has 4 nitrogen and oxygen atoms in total. The Balaban J connectivity index is 2.34. The molecule has 0 unspecified atom stereocenters. The molecule has 1 aliphatic rings. The molecule has 2 aromatic rings. The summed E-state index contributed by atoms with van der Waals surface area (Å²) < 4.78 is 5.35. The molecule has 0 saturated heterocycles. The number of aryl methyl sites for hydroxylation is 2. The molecule has 1 aromatic carbocycles. The van der Waals surface area contributed by atoms with Gasteiger partial charge in [0.25, 0.3) is 0 Å². The van der Waals surface area contributed by atoms with E-state index >= 15 is 0 Å². The Hall–Kier alpha value is -1.97. The van der Waals surface area contributed by atoms with Crippen molar-refractivity contribution in [3.63, 3.8) is 0 Å². The first-order valence-electron chi connectivity index (χ1n) is 6.66. The zero-order chi connectivity index (χ0) is 13.4. The van der Waals surface area contributed by atoms with Crippen LogP contribution in [0.2, 0.25) is 0 Å². The fourth-order valence-electron chi connectivity index (χ4n) is 3.02. The number of nitrogens with one attached hydrogen (secondary N) is 1. The molecule has 3 rings (SSSR count). The number of rotatable bonds is 2. The van der Waals surface area contributed by atoms with E-state index in [2.05, 4.69) is 4.98 Å². The summed E-state index contributed by atoms with van der Waals surface area (Å²) in [4.78, 5) is 14.8. The normalized spacial score (nSPS) is 15.0. The third-order valence-corrected chi connectivity index (χ3v) is 3.91. The number of hydrogen-bond donors (Lipinski definition) is 2. The summed E-state index contributed by atoms with van der Waals surface area (Å²) in [6.07, 6.45) is 5.42. The number of carbonyl (C=O) groups is 1. The zero-order valence-corrected chi connectivity index (χ0v) is 11.0. The Kier molecular flexibility index (Phi) is 2.93. The van der Waals surface area contributed by atoms with E-state index in [9.17, 15) is 9.90 Å². The lowest BCUT2D eigenvalue weighted by molar-refractivity contribution is 0.0699. The average molecular weight is 259 g/mol. The topological polar surface area (TPSA) is 62.3 Å².